The van der Waals surface area contributed by atoms with Gasteiger partial charge >= 0.3 is 0 Å². The molecule has 0 aliphatic carbocycles. The predicted molar refractivity (Wildman–Crippen MR) is 45.9 cm³/mol. The minimum absolute atomic E-state index is 0.229. The topological polar surface area (TPSA) is 69.1 Å². The molecule has 0 saturated carbocycles. The van der Waals surface area contributed by atoms with E-state index < -0.39 is 11.9 Å². The Morgan fingerprint density at radius 1 is 1.45 bits per heavy atom. The van der Waals surface area contributed by atoms with Crippen molar-refractivity contribution in [1.82, 2.24) is 0 Å². The van der Waals surface area contributed by atoms with Crippen molar-refractivity contribution in [3.63, 3.8) is 0 Å². The maximum absolute atomic E-state index is 10.5. The van der Waals surface area contributed by atoms with Crippen LogP contribution in [-0.4, -0.2) is 11.9 Å². The van der Waals surface area contributed by atoms with Crippen molar-refractivity contribution in [2.45, 2.75) is 39.7 Å². The van der Waals surface area contributed by atoms with Crippen LogP contribution in [0.15, 0.2) is 0 Å². The second kappa shape index (κ2) is 3.72. The lowest BCUT2D eigenvalue weighted by atomic mass is 9.89. The van der Waals surface area contributed by atoms with Gasteiger partial charge in [-0.2, -0.15) is 0 Å². The van der Waals surface area contributed by atoms with Gasteiger partial charge in [0.05, 0.1) is 6.04 Å². The minimum Gasteiger partial charge on any atom is -0.368 e. The normalized spacial score (nSPS) is 14.5. The molecule has 0 rings (SSSR count). The lowest BCUT2D eigenvalue weighted by Crippen LogP contribution is -2.36. The van der Waals surface area contributed by atoms with Gasteiger partial charge in [0.2, 0.25) is 5.91 Å². The molecule has 0 aromatic rings. The number of hydrogen-bond acceptors (Lipinski definition) is 2. The van der Waals surface area contributed by atoms with Crippen LogP contribution >= 0.6 is 0 Å². The first-order chi connectivity index (χ1) is 4.83. The molecule has 0 aliphatic heterocycles. The van der Waals surface area contributed by atoms with Crippen LogP contribution in [0.25, 0.3) is 0 Å². The van der Waals surface area contributed by atoms with Gasteiger partial charge in [-0.25, -0.2) is 0 Å². The molecule has 0 radical (unpaired) electrons. The van der Waals surface area contributed by atoms with Crippen LogP contribution in [-0.2, 0) is 4.79 Å². The van der Waals surface area contributed by atoms with Crippen molar-refractivity contribution in [3.8, 4) is 0 Å². The molecule has 0 bridgehead atoms. The van der Waals surface area contributed by atoms with Crippen LogP contribution in [0.3, 0.4) is 0 Å². The van der Waals surface area contributed by atoms with E-state index in [-0.39, 0.29) is 5.41 Å². The largest absolute Gasteiger partial charge is 0.368 e. The average Bonchev–Trinajstić information content (AvgIpc) is 1.80. The van der Waals surface area contributed by atoms with E-state index in [1.54, 1.807) is 0 Å². The summed E-state index contributed by atoms with van der Waals surface area (Å²) in [5.41, 5.74) is 10.7. The van der Waals surface area contributed by atoms with Gasteiger partial charge in [-0.15, -0.1) is 0 Å². The Balaban J connectivity index is 3.63. The SMILES string of the molecule is CC(C)(C)CCC(N)C(N)=O. The fourth-order valence-electron chi connectivity index (χ4n) is 0.731. The Morgan fingerprint density at radius 3 is 2.18 bits per heavy atom. The first-order valence-electron chi connectivity index (χ1n) is 3.88. The Kier molecular flexibility index (Phi) is 3.52. The fourth-order valence-corrected chi connectivity index (χ4v) is 0.731. The third-order valence-corrected chi connectivity index (χ3v) is 1.57. The monoisotopic (exact) mass is 158 g/mol. The third-order valence-electron chi connectivity index (χ3n) is 1.57. The molecule has 1 atom stereocenters. The van der Waals surface area contributed by atoms with E-state index in [9.17, 15) is 4.79 Å². The van der Waals surface area contributed by atoms with Crippen molar-refractivity contribution in [2.75, 3.05) is 0 Å². The summed E-state index contributed by atoms with van der Waals surface area (Å²) in [5, 5.41) is 0. The van der Waals surface area contributed by atoms with Crippen molar-refractivity contribution in [3.05, 3.63) is 0 Å². The molecule has 1 amide bonds. The first-order valence-corrected chi connectivity index (χ1v) is 3.88. The van der Waals surface area contributed by atoms with E-state index in [0.29, 0.717) is 6.42 Å². The average molecular weight is 158 g/mol. The van der Waals surface area contributed by atoms with Gasteiger partial charge in [0, 0.05) is 0 Å². The summed E-state index contributed by atoms with van der Waals surface area (Å²) < 4.78 is 0. The van der Waals surface area contributed by atoms with Crippen molar-refractivity contribution >= 4 is 5.91 Å². The zero-order chi connectivity index (χ0) is 9.07. The lowest BCUT2D eigenvalue weighted by Gasteiger charge is -2.19. The van der Waals surface area contributed by atoms with Gasteiger partial charge in [0.15, 0.2) is 0 Å². The highest BCUT2D eigenvalue weighted by Gasteiger charge is 2.15. The number of primary amides is 1. The second-order valence-corrected chi connectivity index (χ2v) is 4.11. The summed E-state index contributed by atoms with van der Waals surface area (Å²) >= 11 is 0. The molecule has 0 aromatic carbocycles. The third kappa shape index (κ3) is 5.85. The van der Waals surface area contributed by atoms with E-state index in [0.717, 1.165) is 6.42 Å². The van der Waals surface area contributed by atoms with Gasteiger partial charge in [0.1, 0.15) is 0 Å². The minimum atomic E-state index is -0.478. The van der Waals surface area contributed by atoms with Gasteiger partial charge in [-0.1, -0.05) is 20.8 Å². The highest BCUT2D eigenvalue weighted by Crippen LogP contribution is 2.20. The molecule has 0 aromatic heterocycles. The fraction of sp³-hybridized carbons (Fsp3) is 0.875. The lowest BCUT2D eigenvalue weighted by molar-refractivity contribution is -0.119. The second-order valence-electron chi connectivity index (χ2n) is 4.11. The van der Waals surface area contributed by atoms with Crippen LogP contribution in [0, 0.1) is 5.41 Å². The zero-order valence-electron chi connectivity index (χ0n) is 7.55. The van der Waals surface area contributed by atoms with Crippen molar-refractivity contribution < 1.29 is 4.79 Å². The summed E-state index contributed by atoms with van der Waals surface area (Å²) in [4.78, 5) is 10.5. The molecule has 1 unspecified atom stereocenters. The summed E-state index contributed by atoms with van der Waals surface area (Å²) in [5.74, 6) is -0.408. The summed E-state index contributed by atoms with van der Waals surface area (Å²) in [6.07, 6.45) is 1.61. The van der Waals surface area contributed by atoms with Gasteiger partial charge in [0.25, 0.3) is 0 Å². The van der Waals surface area contributed by atoms with Crippen molar-refractivity contribution in [2.24, 2.45) is 16.9 Å². The van der Waals surface area contributed by atoms with E-state index in [2.05, 4.69) is 20.8 Å². The standard InChI is InChI=1S/C8H18N2O/c1-8(2,3)5-4-6(9)7(10)11/h6H,4-5,9H2,1-3H3,(H2,10,11). The molecule has 4 N–H and O–H groups in total. The number of hydrogen-bond donors (Lipinski definition) is 2. The molecule has 3 heteroatoms. The van der Waals surface area contributed by atoms with Crippen LogP contribution in [0.5, 0.6) is 0 Å². The highest BCUT2D eigenvalue weighted by molar-refractivity contribution is 5.79. The molecule has 66 valence electrons. The van der Waals surface area contributed by atoms with Crippen LogP contribution in [0.2, 0.25) is 0 Å². The number of amides is 1. The Morgan fingerprint density at radius 2 is 1.91 bits per heavy atom. The van der Waals surface area contributed by atoms with E-state index >= 15 is 0 Å². The number of nitrogens with two attached hydrogens (primary N) is 2. The first kappa shape index (κ1) is 10.4. The molecule has 11 heavy (non-hydrogen) atoms. The van der Waals surface area contributed by atoms with E-state index in [1.165, 1.54) is 0 Å². The number of rotatable bonds is 3. The molecule has 0 heterocycles. The molecule has 3 nitrogen and oxygen atoms in total. The van der Waals surface area contributed by atoms with Crippen LogP contribution in [0.1, 0.15) is 33.6 Å². The molecule has 0 fully saturated rings. The molecule has 0 spiro atoms. The maximum atomic E-state index is 10.5. The number of carbonyl (C=O) groups excluding carboxylic acids is 1. The van der Waals surface area contributed by atoms with Gasteiger partial charge < -0.3 is 11.5 Å². The molecular weight excluding hydrogens is 140 g/mol. The van der Waals surface area contributed by atoms with E-state index in [1.807, 2.05) is 0 Å². The Hall–Kier alpha value is -0.570. The summed E-state index contributed by atoms with van der Waals surface area (Å²) in [6.45, 7) is 6.34. The molecule has 0 aliphatic rings. The zero-order valence-corrected chi connectivity index (χ0v) is 7.55. The maximum Gasteiger partial charge on any atom is 0.234 e. The Bertz CT molecular complexity index is 138. The van der Waals surface area contributed by atoms with Crippen LogP contribution < -0.4 is 11.5 Å². The molecular formula is C8H18N2O. The predicted octanol–water partition coefficient (Wildman–Crippen LogP) is 0.625. The van der Waals surface area contributed by atoms with Gasteiger partial charge in [-0.05, 0) is 18.3 Å². The number of carbonyl (C=O) groups is 1. The van der Waals surface area contributed by atoms with Crippen LogP contribution in [0.4, 0.5) is 0 Å². The summed E-state index contributed by atoms with van der Waals surface area (Å²) in [7, 11) is 0. The van der Waals surface area contributed by atoms with Crippen molar-refractivity contribution in [1.29, 1.82) is 0 Å². The molecule has 0 saturated heterocycles. The van der Waals surface area contributed by atoms with E-state index in [4.69, 9.17) is 11.5 Å². The highest BCUT2D eigenvalue weighted by atomic mass is 16.1. The summed E-state index contributed by atoms with van der Waals surface area (Å²) in [6, 6.07) is -0.478. The smallest absolute Gasteiger partial charge is 0.234 e. The Labute approximate surface area is 68.1 Å². The quantitative estimate of drug-likeness (QED) is 0.632. The van der Waals surface area contributed by atoms with Gasteiger partial charge in [-0.3, -0.25) is 4.79 Å².